The Kier molecular flexibility index (Phi) is 6.47. The maximum absolute atomic E-state index is 13.0. The summed E-state index contributed by atoms with van der Waals surface area (Å²) in [6, 6.07) is 18.9. The number of halogens is 2. The molecule has 2 aromatic carbocycles. The van der Waals surface area contributed by atoms with Crippen molar-refractivity contribution >= 4 is 17.5 Å². The number of nitrogens with one attached hydrogen (secondary N) is 1. The Hall–Kier alpha value is -3.71. The molecular weight excluding hydrogens is 431 g/mol. The van der Waals surface area contributed by atoms with E-state index in [-0.39, 0.29) is 18.3 Å². The number of rotatable bonds is 7. The van der Waals surface area contributed by atoms with Gasteiger partial charge >= 0.3 is 0 Å². The SMILES string of the molecule is Cc1nn(Cc2ccccc2)c(Cl)c1C(=O)NCc1ccnc(Oc2ccc(F)cc2)c1. The predicted molar refractivity (Wildman–Crippen MR) is 119 cm³/mol. The van der Waals surface area contributed by atoms with Crippen LogP contribution < -0.4 is 10.1 Å². The zero-order valence-electron chi connectivity index (χ0n) is 17.3. The summed E-state index contributed by atoms with van der Waals surface area (Å²) in [4.78, 5) is 17.0. The molecule has 2 aromatic heterocycles. The van der Waals surface area contributed by atoms with Crippen LogP contribution in [0.3, 0.4) is 0 Å². The van der Waals surface area contributed by atoms with Crippen LogP contribution in [0, 0.1) is 12.7 Å². The van der Waals surface area contributed by atoms with Crippen LogP contribution in [0.5, 0.6) is 11.6 Å². The molecule has 0 unspecified atom stereocenters. The second kappa shape index (κ2) is 9.62. The van der Waals surface area contributed by atoms with Gasteiger partial charge in [0.15, 0.2) is 0 Å². The van der Waals surface area contributed by atoms with Crippen LogP contribution >= 0.6 is 11.6 Å². The van der Waals surface area contributed by atoms with Gasteiger partial charge in [0.1, 0.15) is 16.7 Å². The van der Waals surface area contributed by atoms with Crippen molar-refractivity contribution in [2.75, 3.05) is 0 Å². The van der Waals surface area contributed by atoms with Gasteiger partial charge in [0.05, 0.1) is 17.8 Å². The summed E-state index contributed by atoms with van der Waals surface area (Å²) in [5.41, 5.74) is 2.73. The molecule has 0 spiro atoms. The van der Waals surface area contributed by atoms with E-state index in [0.717, 1.165) is 11.1 Å². The Morgan fingerprint density at radius 3 is 2.59 bits per heavy atom. The van der Waals surface area contributed by atoms with Crippen molar-refractivity contribution < 1.29 is 13.9 Å². The lowest BCUT2D eigenvalue weighted by molar-refractivity contribution is 0.0950. The van der Waals surface area contributed by atoms with Crippen molar-refractivity contribution in [2.45, 2.75) is 20.0 Å². The molecule has 0 atom stereocenters. The average molecular weight is 451 g/mol. The van der Waals surface area contributed by atoms with E-state index in [1.807, 2.05) is 30.3 Å². The number of nitrogens with zero attached hydrogens (tertiary/aromatic N) is 3. The molecule has 162 valence electrons. The number of ether oxygens (including phenoxy) is 1. The van der Waals surface area contributed by atoms with Gasteiger partial charge in [-0.05, 0) is 48.4 Å². The summed E-state index contributed by atoms with van der Waals surface area (Å²) in [5, 5.41) is 7.57. The van der Waals surface area contributed by atoms with Crippen LogP contribution in [-0.2, 0) is 13.1 Å². The van der Waals surface area contributed by atoms with E-state index in [0.29, 0.717) is 34.6 Å². The van der Waals surface area contributed by atoms with Crippen molar-refractivity contribution in [3.8, 4) is 11.6 Å². The maximum atomic E-state index is 13.0. The molecule has 1 N–H and O–H groups in total. The molecule has 0 fully saturated rings. The molecular formula is C24H20ClFN4O2. The largest absolute Gasteiger partial charge is 0.439 e. The summed E-state index contributed by atoms with van der Waals surface area (Å²) >= 11 is 6.47. The standard InChI is InChI=1S/C24H20ClFN4O2/c1-16-22(23(25)30(29-16)15-17-5-3-2-4-6-17)24(31)28-14-18-11-12-27-21(13-18)32-20-9-7-19(26)8-10-20/h2-13H,14-15H2,1H3,(H,28,31). The molecule has 0 aliphatic rings. The highest BCUT2D eigenvalue weighted by molar-refractivity contribution is 6.33. The van der Waals surface area contributed by atoms with E-state index >= 15 is 0 Å². The molecule has 2 heterocycles. The molecule has 8 heteroatoms. The third-order valence-electron chi connectivity index (χ3n) is 4.76. The van der Waals surface area contributed by atoms with Crippen LogP contribution in [0.15, 0.2) is 72.9 Å². The fourth-order valence-electron chi connectivity index (χ4n) is 3.18. The zero-order chi connectivity index (χ0) is 22.5. The quantitative estimate of drug-likeness (QED) is 0.423. The lowest BCUT2D eigenvalue weighted by Gasteiger charge is -2.08. The molecule has 6 nitrogen and oxygen atoms in total. The highest BCUT2D eigenvalue weighted by Gasteiger charge is 2.20. The number of hydrogen-bond donors (Lipinski definition) is 1. The Balaban J connectivity index is 1.42. The number of pyridine rings is 1. The summed E-state index contributed by atoms with van der Waals surface area (Å²) < 4.78 is 20.3. The molecule has 4 aromatic rings. The first kappa shape index (κ1) is 21.5. The normalized spacial score (nSPS) is 10.7. The van der Waals surface area contributed by atoms with Gasteiger partial charge in [-0.25, -0.2) is 14.1 Å². The lowest BCUT2D eigenvalue weighted by Crippen LogP contribution is -2.23. The summed E-state index contributed by atoms with van der Waals surface area (Å²) in [5.74, 6) is 0.147. The van der Waals surface area contributed by atoms with Crippen molar-refractivity contribution in [1.29, 1.82) is 0 Å². The highest BCUT2D eigenvalue weighted by Crippen LogP contribution is 2.22. The minimum Gasteiger partial charge on any atom is -0.439 e. The summed E-state index contributed by atoms with van der Waals surface area (Å²) in [6.07, 6.45) is 1.58. The van der Waals surface area contributed by atoms with Gasteiger partial charge in [-0.15, -0.1) is 0 Å². The Morgan fingerprint density at radius 2 is 1.84 bits per heavy atom. The van der Waals surface area contributed by atoms with Gasteiger partial charge in [0, 0.05) is 18.8 Å². The average Bonchev–Trinajstić information content (AvgIpc) is 3.07. The van der Waals surface area contributed by atoms with E-state index in [1.54, 1.807) is 29.9 Å². The first-order valence-electron chi connectivity index (χ1n) is 9.93. The van der Waals surface area contributed by atoms with Gasteiger partial charge in [-0.3, -0.25) is 4.79 Å². The van der Waals surface area contributed by atoms with Crippen LogP contribution in [0.1, 0.15) is 27.2 Å². The number of aromatic nitrogens is 3. The fraction of sp³-hybridized carbons (Fsp3) is 0.125. The molecule has 4 rings (SSSR count). The second-order valence-corrected chi connectivity index (χ2v) is 7.49. The lowest BCUT2D eigenvalue weighted by atomic mass is 10.2. The first-order valence-corrected chi connectivity index (χ1v) is 10.3. The smallest absolute Gasteiger partial charge is 0.256 e. The van der Waals surface area contributed by atoms with Crippen LogP contribution in [0.4, 0.5) is 4.39 Å². The molecule has 0 aliphatic heterocycles. The third kappa shape index (κ3) is 5.12. The van der Waals surface area contributed by atoms with E-state index < -0.39 is 0 Å². The van der Waals surface area contributed by atoms with Gasteiger partial charge in [0.25, 0.3) is 5.91 Å². The van der Waals surface area contributed by atoms with E-state index in [2.05, 4.69) is 15.4 Å². The van der Waals surface area contributed by atoms with Crippen molar-refractivity contribution in [3.63, 3.8) is 0 Å². The highest BCUT2D eigenvalue weighted by atomic mass is 35.5. The maximum Gasteiger partial charge on any atom is 0.256 e. The summed E-state index contributed by atoms with van der Waals surface area (Å²) in [7, 11) is 0. The third-order valence-corrected chi connectivity index (χ3v) is 5.14. The Labute approximate surface area is 189 Å². The van der Waals surface area contributed by atoms with Crippen molar-refractivity contribution in [1.82, 2.24) is 20.1 Å². The second-order valence-electron chi connectivity index (χ2n) is 7.14. The Bertz CT molecular complexity index is 1230. The molecule has 0 aliphatic carbocycles. The summed E-state index contributed by atoms with van der Waals surface area (Å²) in [6.45, 7) is 2.48. The zero-order valence-corrected chi connectivity index (χ0v) is 18.0. The van der Waals surface area contributed by atoms with Crippen LogP contribution in [0.25, 0.3) is 0 Å². The number of carbonyl (C=O) groups excluding carboxylic acids is 1. The fourth-order valence-corrected chi connectivity index (χ4v) is 3.50. The van der Waals surface area contributed by atoms with Gasteiger partial charge in [0.2, 0.25) is 5.88 Å². The van der Waals surface area contributed by atoms with Crippen LogP contribution in [-0.4, -0.2) is 20.7 Å². The molecule has 0 saturated heterocycles. The van der Waals surface area contributed by atoms with E-state index in [1.165, 1.54) is 24.3 Å². The molecule has 0 saturated carbocycles. The topological polar surface area (TPSA) is 69.0 Å². The van der Waals surface area contributed by atoms with E-state index in [4.69, 9.17) is 16.3 Å². The molecule has 0 radical (unpaired) electrons. The number of benzene rings is 2. The van der Waals surface area contributed by atoms with Gasteiger partial charge < -0.3 is 10.1 Å². The van der Waals surface area contributed by atoms with E-state index in [9.17, 15) is 9.18 Å². The minimum absolute atomic E-state index is 0.251. The Morgan fingerprint density at radius 1 is 1.09 bits per heavy atom. The van der Waals surface area contributed by atoms with Gasteiger partial charge in [-0.2, -0.15) is 5.10 Å². The minimum atomic E-state index is -0.345. The first-order chi connectivity index (χ1) is 15.5. The number of aryl methyl sites for hydroxylation is 1. The number of amides is 1. The monoisotopic (exact) mass is 450 g/mol. The predicted octanol–water partition coefficient (Wildman–Crippen LogP) is 5.15. The number of carbonyl (C=O) groups is 1. The molecule has 32 heavy (non-hydrogen) atoms. The van der Waals surface area contributed by atoms with Crippen molar-refractivity contribution in [2.24, 2.45) is 0 Å². The van der Waals surface area contributed by atoms with Crippen LogP contribution in [0.2, 0.25) is 5.15 Å². The molecule has 1 amide bonds. The number of hydrogen-bond acceptors (Lipinski definition) is 4. The van der Waals surface area contributed by atoms with Crippen molar-refractivity contribution in [3.05, 3.63) is 106 Å². The van der Waals surface area contributed by atoms with Gasteiger partial charge in [-0.1, -0.05) is 41.9 Å². The molecule has 0 bridgehead atoms.